The highest BCUT2D eigenvalue weighted by Crippen LogP contribution is 2.33. The Labute approximate surface area is 159 Å². The third-order valence-electron chi connectivity index (χ3n) is 4.96. The van der Waals surface area contributed by atoms with E-state index in [-0.39, 0.29) is 6.04 Å². The van der Waals surface area contributed by atoms with Gasteiger partial charge in [-0.25, -0.2) is 0 Å². The first-order valence-corrected chi connectivity index (χ1v) is 9.24. The summed E-state index contributed by atoms with van der Waals surface area (Å²) in [5.41, 5.74) is 5.94. The molecule has 3 aromatic rings. The Morgan fingerprint density at radius 3 is 2.73 bits per heavy atom. The third-order valence-corrected chi connectivity index (χ3v) is 5.29. The lowest BCUT2D eigenvalue weighted by Crippen LogP contribution is -2.44. The number of aryl methyl sites for hydroxylation is 2. The van der Waals surface area contributed by atoms with E-state index in [9.17, 15) is 0 Å². The van der Waals surface area contributed by atoms with Gasteiger partial charge in [-0.1, -0.05) is 12.1 Å². The maximum Gasteiger partial charge on any atom is 0.174 e. The maximum atomic E-state index is 5.83. The second-order valence-corrected chi connectivity index (χ2v) is 7.14. The standard InChI is InChI=1S/C21H22N4S/c1-15-5-6-16(2)18(14-15)23-21(26)25-13-12-24-11-3-4-19(24)20(25)17-7-9-22-10-8-17/h3-11,14,20H,12-13H2,1-2H3,(H,23,26)/t20-/m0/s1. The number of hydrogen-bond donors (Lipinski definition) is 1. The van der Waals surface area contributed by atoms with Gasteiger partial charge in [0.2, 0.25) is 0 Å². The molecule has 0 amide bonds. The third kappa shape index (κ3) is 3.10. The first-order valence-electron chi connectivity index (χ1n) is 8.83. The summed E-state index contributed by atoms with van der Waals surface area (Å²) < 4.78 is 2.31. The van der Waals surface area contributed by atoms with Crippen molar-refractivity contribution in [3.63, 3.8) is 0 Å². The fourth-order valence-electron chi connectivity index (χ4n) is 3.56. The fourth-order valence-corrected chi connectivity index (χ4v) is 3.86. The zero-order valence-corrected chi connectivity index (χ0v) is 15.8. The number of hydrogen-bond acceptors (Lipinski definition) is 2. The summed E-state index contributed by atoms with van der Waals surface area (Å²) in [5, 5.41) is 4.23. The predicted octanol–water partition coefficient (Wildman–Crippen LogP) is 4.30. The second kappa shape index (κ2) is 6.92. The van der Waals surface area contributed by atoms with Crippen LogP contribution in [-0.2, 0) is 6.54 Å². The molecule has 1 aromatic carbocycles. The number of pyridine rings is 1. The molecule has 132 valence electrons. The van der Waals surface area contributed by atoms with Gasteiger partial charge in [0, 0.05) is 43.1 Å². The molecule has 4 rings (SSSR count). The normalized spacial score (nSPS) is 16.2. The molecule has 1 N–H and O–H groups in total. The van der Waals surface area contributed by atoms with Crippen LogP contribution in [0.1, 0.15) is 28.4 Å². The molecule has 3 heterocycles. The number of aromatic nitrogens is 2. The molecule has 0 radical (unpaired) electrons. The SMILES string of the molecule is Cc1ccc(C)c(NC(=S)N2CCn3cccc3[C@@H]2c2ccncc2)c1. The first-order chi connectivity index (χ1) is 12.6. The van der Waals surface area contributed by atoms with Crippen LogP contribution >= 0.6 is 12.2 Å². The molecule has 1 atom stereocenters. The quantitative estimate of drug-likeness (QED) is 0.689. The molecule has 2 aromatic heterocycles. The number of fused-ring (bicyclic) bond motifs is 1. The fraction of sp³-hybridized carbons (Fsp3) is 0.238. The Bertz CT molecular complexity index is 932. The van der Waals surface area contributed by atoms with Crippen molar-refractivity contribution in [3.8, 4) is 0 Å². The monoisotopic (exact) mass is 362 g/mol. The van der Waals surface area contributed by atoms with Crippen LogP contribution in [0.3, 0.4) is 0 Å². The van der Waals surface area contributed by atoms with E-state index in [2.05, 4.69) is 82.3 Å². The van der Waals surface area contributed by atoms with E-state index in [0.29, 0.717) is 0 Å². The largest absolute Gasteiger partial charge is 0.348 e. The Kier molecular flexibility index (Phi) is 4.47. The minimum atomic E-state index is 0.0897. The molecule has 0 saturated heterocycles. The van der Waals surface area contributed by atoms with Crippen molar-refractivity contribution >= 4 is 23.0 Å². The number of benzene rings is 1. The van der Waals surface area contributed by atoms with Gasteiger partial charge in [0.25, 0.3) is 0 Å². The van der Waals surface area contributed by atoms with Crippen molar-refractivity contribution in [2.24, 2.45) is 0 Å². The smallest absolute Gasteiger partial charge is 0.174 e. The van der Waals surface area contributed by atoms with E-state index in [1.165, 1.54) is 22.4 Å². The molecule has 4 nitrogen and oxygen atoms in total. The lowest BCUT2D eigenvalue weighted by Gasteiger charge is -2.39. The number of thiocarbonyl (C=S) groups is 1. The molecule has 1 aliphatic rings. The number of nitrogens with zero attached hydrogens (tertiary/aromatic N) is 3. The van der Waals surface area contributed by atoms with Gasteiger partial charge < -0.3 is 14.8 Å². The average Bonchev–Trinajstić information content (AvgIpc) is 3.13. The predicted molar refractivity (Wildman–Crippen MR) is 109 cm³/mol. The molecule has 1 aliphatic heterocycles. The van der Waals surface area contributed by atoms with E-state index in [1.54, 1.807) is 0 Å². The van der Waals surface area contributed by atoms with Crippen LogP contribution in [0.5, 0.6) is 0 Å². The minimum absolute atomic E-state index is 0.0897. The Morgan fingerprint density at radius 2 is 1.92 bits per heavy atom. The van der Waals surface area contributed by atoms with Gasteiger partial charge in [-0.15, -0.1) is 0 Å². The van der Waals surface area contributed by atoms with Crippen molar-refractivity contribution in [2.75, 3.05) is 11.9 Å². The number of anilines is 1. The van der Waals surface area contributed by atoms with Gasteiger partial charge in [0.05, 0.1) is 6.04 Å². The van der Waals surface area contributed by atoms with E-state index in [0.717, 1.165) is 23.9 Å². The maximum absolute atomic E-state index is 5.83. The van der Waals surface area contributed by atoms with E-state index < -0.39 is 0 Å². The highest BCUT2D eigenvalue weighted by atomic mass is 32.1. The summed E-state index contributed by atoms with van der Waals surface area (Å²) in [5.74, 6) is 0. The highest BCUT2D eigenvalue weighted by Gasteiger charge is 2.30. The van der Waals surface area contributed by atoms with E-state index in [1.807, 2.05) is 12.4 Å². The Morgan fingerprint density at radius 1 is 1.12 bits per heavy atom. The lowest BCUT2D eigenvalue weighted by molar-refractivity contribution is 0.293. The molecule has 5 heteroatoms. The summed E-state index contributed by atoms with van der Waals surface area (Å²) in [7, 11) is 0. The van der Waals surface area contributed by atoms with Crippen LogP contribution in [0.4, 0.5) is 5.69 Å². The molecule has 0 spiro atoms. The van der Waals surface area contributed by atoms with Crippen LogP contribution in [0, 0.1) is 13.8 Å². The van der Waals surface area contributed by atoms with Gasteiger partial charge in [-0.3, -0.25) is 4.98 Å². The molecule has 0 aliphatic carbocycles. The first kappa shape index (κ1) is 16.8. The van der Waals surface area contributed by atoms with Gasteiger partial charge in [-0.05, 0) is 73.1 Å². The second-order valence-electron chi connectivity index (χ2n) is 6.75. The molecule has 0 fully saturated rings. The number of rotatable bonds is 2. The average molecular weight is 363 g/mol. The summed E-state index contributed by atoms with van der Waals surface area (Å²) in [4.78, 5) is 6.45. The molecule has 0 unspecified atom stereocenters. The van der Waals surface area contributed by atoms with Crippen LogP contribution in [0.2, 0.25) is 0 Å². The molecule has 26 heavy (non-hydrogen) atoms. The summed E-state index contributed by atoms with van der Waals surface area (Å²) >= 11 is 5.83. The van der Waals surface area contributed by atoms with Crippen LogP contribution in [-0.4, -0.2) is 26.1 Å². The van der Waals surface area contributed by atoms with Gasteiger partial charge in [0.15, 0.2) is 5.11 Å². The zero-order valence-electron chi connectivity index (χ0n) is 15.0. The topological polar surface area (TPSA) is 33.1 Å². The summed E-state index contributed by atoms with van der Waals surface area (Å²) in [6.45, 7) is 6.00. The van der Waals surface area contributed by atoms with Crippen molar-refractivity contribution < 1.29 is 0 Å². The van der Waals surface area contributed by atoms with Crippen molar-refractivity contribution in [1.29, 1.82) is 0 Å². The molecular weight excluding hydrogens is 340 g/mol. The molecular formula is C21H22N4S. The Hall–Kier alpha value is -2.66. The summed E-state index contributed by atoms with van der Waals surface area (Å²) in [6.07, 6.45) is 5.83. The zero-order chi connectivity index (χ0) is 18.1. The van der Waals surface area contributed by atoms with Crippen LogP contribution in [0.25, 0.3) is 0 Å². The van der Waals surface area contributed by atoms with Crippen LogP contribution < -0.4 is 5.32 Å². The Balaban J connectivity index is 1.68. The van der Waals surface area contributed by atoms with Crippen molar-refractivity contribution in [2.45, 2.75) is 26.4 Å². The molecule has 0 bridgehead atoms. The number of nitrogens with one attached hydrogen (secondary N) is 1. The van der Waals surface area contributed by atoms with E-state index >= 15 is 0 Å². The van der Waals surface area contributed by atoms with Gasteiger partial charge in [0.1, 0.15) is 0 Å². The lowest BCUT2D eigenvalue weighted by atomic mass is 10.0. The van der Waals surface area contributed by atoms with E-state index in [4.69, 9.17) is 12.2 Å². The summed E-state index contributed by atoms with van der Waals surface area (Å²) in [6, 6.07) is 14.9. The minimum Gasteiger partial charge on any atom is -0.348 e. The highest BCUT2D eigenvalue weighted by molar-refractivity contribution is 7.80. The van der Waals surface area contributed by atoms with Crippen molar-refractivity contribution in [1.82, 2.24) is 14.5 Å². The molecule has 0 saturated carbocycles. The van der Waals surface area contributed by atoms with Gasteiger partial charge in [-0.2, -0.15) is 0 Å². The van der Waals surface area contributed by atoms with Crippen molar-refractivity contribution in [3.05, 3.63) is 83.4 Å². The van der Waals surface area contributed by atoms with Crippen LogP contribution in [0.15, 0.2) is 61.1 Å². The van der Waals surface area contributed by atoms with Gasteiger partial charge >= 0.3 is 0 Å².